The summed E-state index contributed by atoms with van der Waals surface area (Å²) in [5.41, 5.74) is 12.0. The van der Waals surface area contributed by atoms with Crippen molar-refractivity contribution in [2.45, 2.75) is 26.2 Å². The van der Waals surface area contributed by atoms with Crippen molar-refractivity contribution in [3.05, 3.63) is 71.2 Å². The SMILES string of the molecule is Cc1cccc(NC(=O)Nc2ccc(-c3csc4c(CCCCO)cnc(N)c34)cc2)c1. The van der Waals surface area contributed by atoms with E-state index in [4.69, 9.17) is 10.8 Å². The molecule has 2 amide bonds. The van der Waals surface area contributed by atoms with Crippen LogP contribution in [0.3, 0.4) is 0 Å². The highest BCUT2D eigenvalue weighted by Gasteiger charge is 2.14. The number of anilines is 3. The maximum atomic E-state index is 12.3. The molecule has 4 rings (SSSR count). The van der Waals surface area contributed by atoms with Crippen molar-refractivity contribution in [1.29, 1.82) is 0 Å². The first-order chi connectivity index (χ1) is 15.5. The summed E-state index contributed by atoms with van der Waals surface area (Å²) in [4.78, 5) is 16.7. The van der Waals surface area contributed by atoms with Gasteiger partial charge in [-0.3, -0.25) is 0 Å². The number of aromatic nitrogens is 1. The summed E-state index contributed by atoms with van der Waals surface area (Å²) in [5.74, 6) is 0.516. The van der Waals surface area contributed by atoms with Crippen LogP contribution in [0.2, 0.25) is 0 Å². The predicted octanol–water partition coefficient (Wildman–Crippen LogP) is 5.81. The Labute approximate surface area is 191 Å². The number of aliphatic hydroxyl groups excluding tert-OH is 1. The van der Waals surface area contributed by atoms with Crippen LogP contribution in [-0.4, -0.2) is 22.7 Å². The van der Waals surface area contributed by atoms with E-state index in [1.54, 1.807) is 11.3 Å². The Morgan fingerprint density at radius 3 is 2.62 bits per heavy atom. The van der Waals surface area contributed by atoms with Crippen molar-refractivity contribution >= 4 is 44.6 Å². The van der Waals surface area contributed by atoms with E-state index >= 15 is 0 Å². The number of nitrogen functional groups attached to an aromatic ring is 1. The van der Waals surface area contributed by atoms with Crippen LogP contribution >= 0.6 is 11.3 Å². The first-order valence-corrected chi connectivity index (χ1v) is 11.4. The number of benzene rings is 2. The molecule has 0 saturated carbocycles. The number of fused-ring (bicyclic) bond motifs is 1. The minimum Gasteiger partial charge on any atom is -0.396 e. The molecule has 0 bridgehead atoms. The van der Waals surface area contributed by atoms with E-state index in [1.807, 2.05) is 61.7 Å². The average molecular weight is 447 g/mol. The number of pyridine rings is 1. The summed E-state index contributed by atoms with van der Waals surface area (Å²) in [5, 5.41) is 17.8. The summed E-state index contributed by atoms with van der Waals surface area (Å²) in [7, 11) is 0. The molecule has 7 heteroatoms. The van der Waals surface area contributed by atoms with Gasteiger partial charge in [-0.05, 0) is 72.5 Å². The molecule has 2 heterocycles. The number of amides is 2. The van der Waals surface area contributed by atoms with Gasteiger partial charge < -0.3 is 21.5 Å². The van der Waals surface area contributed by atoms with Crippen molar-refractivity contribution < 1.29 is 9.90 Å². The molecule has 6 nitrogen and oxygen atoms in total. The molecule has 2 aromatic heterocycles. The number of aryl methyl sites for hydroxylation is 2. The van der Waals surface area contributed by atoms with E-state index in [2.05, 4.69) is 21.0 Å². The third kappa shape index (κ3) is 4.90. The number of hydrogen-bond donors (Lipinski definition) is 4. The third-order valence-electron chi connectivity index (χ3n) is 5.28. The first kappa shape index (κ1) is 21.8. The van der Waals surface area contributed by atoms with Crippen LogP contribution in [-0.2, 0) is 6.42 Å². The van der Waals surface area contributed by atoms with Crippen LogP contribution in [0.1, 0.15) is 24.0 Å². The summed E-state index contributed by atoms with van der Waals surface area (Å²) < 4.78 is 1.14. The van der Waals surface area contributed by atoms with E-state index in [0.29, 0.717) is 11.5 Å². The summed E-state index contributed by atoms with van der Waals surface area (Å²) in [6, 6.07) is 15.1. The number of thiophene rings is 1. The molecule has 0 radical (unpaired) electrons. The van der Waals surface area contributed by atoms with Gasteiger partial charge >= 0.3 is 6.03 Å². The second kappa shape index (κ2) is 9.80. The van der Waals surface area contributed by atoms with E-state index in [9.17, 15) is 4.79 Å². The number of nitrogens with two attached hydrogens (primary N) is 1. The smallest absolute Gasteiger partial charge is 0.323 e. The van der Waals surface area contributed by atoms with Gasteiger partial charge in [-0.25, -0.2) is 9.78 Å². The molecule has 0 aliphatic heterocycles. The number of unbranched alkanes of at least 4 members (excludes halogenated alkanes) is 1. The number of carbonyl (C=O) groups excluding carboxylic acids is 1. The Morgan fingerprint density at radius 2 is 1.88 bits per heavy atom. The number of urea groups is 1. The van der Waals surface area contributed by atoms with E-state index < -0.39 is 0 Å². The van der Waals surface area contributed by atoms with Crippen LogP contribution in [0, 0.1) is 6.92 Å². The van der Waals surface area contributed by atoms with Crippen molar-refractivity contribution in [2.75, 3.05) is 23.0 Å². The molecule has 0 spiro atoms. The van der Waals surface area contributed by atoms with Crippen LogP contribution in [0.4, 0.5) is 22.0 Å². The zero-order valence-electron chi connectivity index (χ0n) is 17.9. The Bertz CT molecular complexity index is 1230. The molecule has 0 aliphatic carbocycles. The van der Waals surface area contributed by atoms with Gasteiger partial charge in [-0.15, -0.1) is 11.3 Å². The Morgan fingerprint density at radius 1 is 1.09 bits per heavy atom. The Hall–Kier alpha value is -3.42. The van der Waals surface area contributed by atoms with Gasteiger partial charge in [-0.2, -0.15) is 0 Å². The van der Waals surface area contributed by atoms with Crippen molar-refractivity contribution in [2.24, 2.45) is 0 Å². The largest absolute Gasteiger partial charge is 0.396 e. The monoisotopic (exact) mass is 446 g/mol. The number of nitrogens with zero attached hydrogens (tertiary/aromatic N) is 1. The molecular weight excluding hydrogens is 420 g/mol. The van der Waals surface area contributed by atoms with Gasteiger partial charge in [0.1, 0.15) is 5.82 Å². The normalized spacial score (nSPS) is 10.9. The zero-order valence-corrected chi connectivity index (χ0v) is 18.7. The lowest BCUT2D eigenvalue weighted by molar-refractivity contribution is 0.262. The fraction of sp³-hybridized carbons (Fsp3) is 0.200. The lowest BCUT2D eigenvalue weighted by Crippen LogP contribution is -2.19. The number of carbonyl (C=O) groups is 1. The number of rotatable bonds is 7. The van der Waals surface area contributed by atoms with Crippen LogP contribution in [0.25, 0.3) is 21.2 Å². The van der Waals surface area contributed by atoms with Crippen LogP contribution in [0.5, 0.6) is 0 Å². The van der Waals surface area contributed by atoms with Gasteiger partial charge in [0.2, 0.25) is 0 Å². The quantitative estimate of drug-likeness (QED) is 0.269. The fourth-order valence-corrected chi connectivity index (χ4v) is 4.81. The zero-order chi connectivity index (χ0) is 22.5. The predicted molar refractivity (Wildman–Crippen MR) is 133 cm³/mol. The fourth-order valence-electron chi connectivity index (χ4n) is 3.69. The Balaban J connectivity index is 1.51. The van der Waals surface area contributed by atoms with Gasteiger partial charge in [0.05, 0.1) is 0 Å². The van der Waals surface area contributed by atoms with Gasteiger partial charge in [0.15, 0.2) is 0 Å². The van der Waals surface area contributed by atoms with Crippen molar-refractivity contribution in [3.8, 4) is 11.1 Å². The van der Waals surface area contributed by atoms with E-state index in [1.165, 1.54) is 0 Å². The molecule has 0 fully saturated rings. The topological polar surface area (TPSA) is 100 Å². The molecule has 5 N–H and O–H groups in total. The highest BCUT2D eigenvalue weighted by atomic mass is 32.1. The number of aliphatic hydroxyl groups is 1. The van der Waals surface area contributed by atoms with Gasteiger partial charge in [0.25, 0.3) is 0 Å². The number of hydrogen-bond acceptors (Lipinski definition) is 5. The minimum absolute atomic E-state index is 0.199. The second-order valence-electron chi connectivity index (χ2n) is 7.73. The molecule has 0 unspecified atom stereocenters. The molecule has 164 valence electrons. The molecule has 4 aromatic rings. The standard InChI is InChI=1S/C25H26N4O2S/c1-16-5-4-7-20(13-16)29-25(31)28-19-10-8-17(9-11-19)21-15-32-23-18(6-2-3-12-30)14-27-24(26)22(21)23/h4-5,7-11,13-15,30H,2-3,6,12H2,1H3,(H2,26,27)(H2,28,29,31). The highest BCUT2D eigenvalue weighted by molar-refractivity contribution is 7.18. The molecular formula is C25H26N4O2S. The molecule has 0 saturated heterocycles. The van der Waals surface area contributed by atoms with Gasteiger partial charge in [-0.1, -0.05) is 24.3 Å². The third-order valence-corrected chi connectivity index (χ3v) is 6.34. The van der Waals surface area contributed by atoms with Crippen molar-refractivity contribution in [3.63, 3.8) is 0 Å². The lowest BCUT2D eigenvalue weighted by atomic mass is 10.0. The van der Waals surface area contributed by atoms with Gasteiger partial charge in [0, 0.05) is 39.8 Å². The molecule has 0 atom stereocenters. The maximum Gasteiger partial charge on any atom is 0.323 e. The summed E-state index contributed by atoms with van der Waals surface area (Å²) in [6.07, 6.45) is 4.39. The molecule has 0 aliphatic rings. The maximum absolute atomic E-state index is 12.3. The summed E-state index contributed by atoms with van der Waals surface area (Å²) >= 11 is 1.66. The highest BCUT2D eigenvalue weighted by Crippen LogP contribution is 2.39. The van der Waals surface area contributed by atoms with E-state index in [0.717, 1.165) is 57.3 Å². The molecule has 32 heavy (non-hydrogen) atoms. The molecule has 2 aromatic carbocycles. The second-order valence-corrected chi connectivity index (χ2v) is 8.61. The first-order valence-electron chi connectivity index (χ1n) is 10.6. The van der Waals surface area contributed by atoms with Crippen molar-refractivity contribution in [1.82, 2.24) is 4.98 Å². The minimum atomic E-state index is -0.287. The summed E-state index contributed by atoms with van der Waals surface area (Å²) in [6.45, 7) is 2.18. The lowest BCUT2D eigenvalue weighted by Gasteiger charge is -2.09. The van der Waals surface area contributed by atoms with Crippen LogP contribution in [0.15, 0.2) is 60.1 Å². The van der Waals surface area contributed by atoms with E-state index in [-0.39, 0.29) is 12.6 Å². The Kier molecular flexibility index (Phi) is 6.68. The van der Waals surface area contributed by atoms with Crippen LogP contribution < -0.4 is 16.4 Å². The number of nitrogens with one attached hydrogen (secondary N) is 2. The average Bonchev–Trinajstić information content (AvgIpc) is 3.22.